The molecule has 116 valence electrons. The van der Waals surface area contributed by atoms with E-state index in [2.05, 4.69) is 0 Å². The summed E-state index contributed by atoms with van der Waals surface area (Å²) in [5.74, 6) is 1.18. The van der Waals surface area contributed by atoms with Crippen LogP contribution in [-0.2, 0) is 10.0 Å². The molecule has 0 saturated carbocycles. The van der Waals surface area contributed by atoms with Crippen LogP contribution >= 0.6 is 0 Å². The lowest BCUT2D eigenvalue weighted by Gasteiger charge is -2.21. The first-order chi connectivity index (χ1) is 10.4. The van der Waals surface area contributed by atoms with E-state index in [9.17, 15) is 8.42 Å². The summed E-state index contributed by atoms with van der Waals surface area (Å²) in [6, 6.07) is 10.4. The largest absolute Gasteiger partial charge is 0.454 e. The molecular formula is C16H17NO4S. The molecule has 0 spiro atoms. The first kappa shape index (κ1) is 14.7. The molecule has 2 aromatic rings. The number of benzene rings is 2. The SMILES string of the molecule is Cc1ccc(S(=O)(=O)N(C)c2ccc3c(c2)OCO3)c(C)c1. The van der Waals surface area contributed by atoms with Gasteiger partial charge in [-0.05, 0) is 37.6 Å². The molecule has 0 aromatic heterocycles. The molecule has 22 heavy (non-hydrogen) atoms. The van der Waals surface area contributed by atoms with E-state index in [1.165, 1.54) is 11.4 Å². The molecule has 5 nitrogen and oxygen atoms in total. The third-order valence-electron chi connectivity index (χ3n) is 3.69. The highest BCUT2D eigenvalue weighted by molar-refractivity contribution is 7.92. The Morgan fingerprint density at radius 3 is 2.45 bits per heavy atom. The van der Waals surface area contributed by atoms with Gasteiger partial charge in [-0.2, -0.15) is 0 Å². The van der Waals surface area contributed by atoms with Crippen molar-refractivity contribution in [3.8, 4) is 11.5 Å². The first-order valence-electron chi connectivity index (χ1n) is 6.85. The molecule has 0 amide bonds. The van der Waals surface area contributed by atoms with Gasteiger partial charge in [0.1, 0.15) is 0 Å². The van der Waals surface area contributed by atoms with Gasteiger partial charge in [0.15, 0.2) is 11.5 Å². The van der Waals surface area contributed by atoms with Gasteiger partial charge in [0.25, 0.3) is 10.0 Å². The second-order valence-electron chi connectivity index (χ2n) is 5.28. The van der Waals surface area contributed by atoms with Crippen LogP contribution in [0, 0.1) is 13.8 Å². The third kappa shape index (κ3) is 2.39. The van der Waals surface area contributed by atoms with Crippen LogP contribution in [0.2, 0.25) is 0 Å². The Kier molecular flexibility index (Phi) is 3.48. The normalized spacial score (nSPS) is 13.2. The van der Waals surface area contributed by atoms with Crippen LogP contribution in [0.5, 0.6) is 11.5 Å². The monoisotopic (exact) mass is 319 g/mol. The van der Waals surface area contributed by atoms with E-state index in [1.54, 1.807) is 37.3 Å². The van der Waals surface area contributed by atoms with Crippen LogP contribution in [0.25, 0.3) is 0 Å². The number of ether oxygens (including phenoxy) is 2. The van der Waals surface area contributed by atoms with E-state index in [4.69, 9.17) is 9.47 Å². The van der Waals surface area contributed by atoms with Crippen molar-refractivity contribution in [3.05, 3.63) is 47.5 Å². The molecule has 0 saturated heterocycles. The molecule has 0 aliphatic carbocycles. The molecule has 0 unspecified atom stereocenters. The maximum atomic E-state index is 12.8. The number of sulfonamides is 1. The Balaban J connectivity index is 2.01. The van der Waals surface area contributed by atoms with E-state index in [0.717, 1.165) is 11.1 Å². The van der Waals surface area contributed by atoms with Crippen LogP contribution in [0.15, 0.2) is 41.3 Å². The average Bonchev–Trinajstić information content (AvgIpc) is 2.93. The van der Waals surface area contributed by atoms with Gasteiger partial charge in [-0.25, -0.2) is 8.42 Å². The van der Waals surface area contributed by atoms with Gasteiger partial charge < -0.3 is 9.47 Å². The lowest BCUT2D eigenvalue weighted by molar-refractivity contribution is 0.174. The smallest absolute Gasteiger partial charge is 0.264 e. The summed E-state index contributed by atoms with van der Waals surface area (Å²) in [6.45, 7) is 3.89. The minimum atomic E-state index is -3.62. The van der Waals surface area contributed by atoms with E-state index in [1.807, 2.05) is 13.0 Å². The molecule has 0 N–H and O–H groups in total. The Morgan fingerprint density at radius 1 is 1.00 bits per heavy atom. The Bertz CT molecular complexity index is 830. The molecule has 1 heterocycles. The minimum absolute atomic E-state index is 0.159. The van der Waals surface area contributed by atoms with Gasteiger partial charge in [0, 0.05) is 13.1 Å². The zero-order valence-electron chi connectivity index (χ0n) is 12.7. The summed E-state index contributed by atoms with van der Waals surface area (Å²) in [7, 11) is -2.09. The Hall–Kier alpha value is -2.21. The standard InChI is InChI=1S/C16H17NO4S/c1-11-4-7-16(12(2)8-11)22(18,19)17(3)13-5-6-14-15(9-13)21-10-20-14/h4-9H,10H2,1-3H3. The summed E-state index contributed by atoms with van der Waals surface area (Å²) in [6.07, 6.45) is 0. The van der Waals surface area contributed by atoms with Gasteiger partial charge in [0.05, 0.1) is 10.6 Å². The van der Waals surface area contributed by atoms with Gasteiger partial charge in [-0.15, -0.1) is 0 Å². The average molecular weight is 319 g/mol. The van der Waals surface area contributed by atoms with Crippen LogP contribution in [0.1, 0.15) is 11.1 Å². The van der Waals surface area contributed by atoms with Crippen LogP contribution in [0.3, 0.4) is 0 Å². The van der Waals surface area contributed by atoms with E-state index in [0.29, 0.717) is 22.1 Å². The van der Waals surface area contributed by atoms with Gasteiger partial charge >= 0.3 is 0 Å². The molecule has 3 rings (SSSR count). The van der Waals surface area contributed by atoms with Crippen molar-refractivity contribution >= 4 is 15.7 Å². The van der Waals surface area contributed by atoms with E-state index >= 15 is 0 Å². The van der Waals surface area contributed by atoms with Crippen molar-refractivity contribution in [2.75, 3.05) is 18.1 Å². The van der Waals surface area contributed by atoms with Gasteiger partial charge in [0.2, 0.25) is 6.79 Å². The van der Waals surface area contributed by atoms with Crippen LogP contribution in [-0.4, -0.2) is 22.3 Å². The highest BCUT2D eigenvalue weighted by Crippen LogP contribution is 2.36. The highest BCUT2D eigenvalue weighted by atomic mass is 32.2. The second-order valence-corrected chi connectivity index (χ2v) is 7.22. The highest BCUT2D eigenvalue weighted by Gasteiger charge is 2.25. The topological polar surface area (TPSA) is 55.8 Å². The summed E-state index contributed by atoms with van der Waals surface area (Å²) >= 11 is 0. The van der Waals surface area contributed by atoms with Crippen molar-refractivity contribution in [2.24, 2.45) is 0 Å². The maximum absolute atomic E-state index is 12.8. The number of anilines is 1. The number of aryl methyl sites for hydroxylation is 2. The Morgan fingerprint density at radius 2 is 1.73 bits per heavy atom. The fraction of sp³-hybridized carbons (Fsp3) is 0.250. The lowest BCUT2D eigenvalue weighted by Crippen LogP contribution is -2.27. The number of hydrogen-bond donors (Lipinski definition) is 0. The number of hydrogen-bond acceptors (Lipinski definition) is 4. The fourth-order valence-electron chi connectivity index (χ4n) is 2.46. The summed E-state index contributed by atoms with van der Waals surface area (Å²) in [5, 5.41) is 0. The fourth-order valence-corrected chi connectivity index (χ4v) is 3.85. The molecule has 2 aromatic carbocycles. The number of nitrogens with zero attached hydrogens (tertiary/aromatic N) is 1. The van der Waals surface area contributed by atoms with Crippen LogP contribution in [0.4, 0.5) is 5.69 Å². The number of fused-ring (bicyclic) bond motifs is 1. The lowest BCUT2D eigenvalue weighted by atomic mass is 10.2. The zero-order valence-corrected chi connectivity index (χ0v) is 13.5. The van der Waals surface area contributed by atoms with Crippen molar-refractivity contribution in [3.63, 3.8) is 0 Å². The van der Waals surface area contributed by atoms with Gasteiger partial charge in [-0.1, -0.05) is 17.7 Å². The van der Waals surface area contributed by atoms with Gasteiger partial charge in [-0.3, -0.25) is 4.31 Å². The molecule has 6 heteroatoms. The molecular weight excluding hydrogens is 302 g/mol. The molecule has 0 fully saturated rings. The molecule has 0 bridgehead atoms. The van der Waals surface area contributed by atoms with Crippen molar-refractivity contribution in [1.29, 1.82) is 0 Å². The summed E-state index contributed by atoms with van der Waals surface area (Å²) in [4.78, 5) is 0.304. The van der Waals surface area contributed by atoms with E-state index in [-0.39, 0.29) is 6.79 Å². The Labute approximate surface area is 130 Å². The van der Waals surface area contributed by atoms with E-state index < -0.39 is 10.0 Å². The molecule has 0 radical (unpaired) electrons. The van der Waals surface area contributed by atoms with Crippen molar-refractivity contribution < 1.29 is 17.9 Å². The summed E-state index contributed by atoms with van der Waals surface area (Å²) < 4.78 is 37.4. The second kappa shape index (κ2) is 5.21. The summed E-state index contributed by atoms with van der Waals surface area (Å²) in [5.41, 5.74) is 2.29. The third-order valence-corrected chi connectivity index (χ3v) is 5.63. The molecule has 1 aliphatic heterocycles. The van der Waals surface area contributed by atoms with Crippen molar-refractivity contribution in [1.82, 2.24) is 0 Å². The predicted molar refractivity (Wildman–Crippen MR) is 84.1 cm³/mol. The van der Waals surface area contributed by atoms with Crippen LogP contribution < -0.4 is 13.8 Å². The molecule has 0 atom stereocenters. The quantitative estimate of drug-likeness (QED) is 0.873. The minimum Gasteiger partial charge on any atom is -0.454 e. The zero-order chi connectivity index (χ0) is 15.9. The maximum Gasteiger partial charge on any atom is 0.264 e. The number of rotatable bonds is 3. The first-order valence-corrected chi connectivity index (χ1v) is 8.29. The van der Waals surface area contributed by atoms with Crippen molar-refractivity contribution in [2.45, 2.75) is 18.7 Å². The predicted octanol–water partition coefficient (Wildman–Crippen LogP) is 2.86. The molecule has 1 aliphatic rings.